The second-order valence-electron chi connectivity index (χ2n) is 7.85. The number of rotatable bonds is 4. The Bertz CT molecular complexity index is 1440. The molecule has 0 spiro atoms. The fraction of sp³-hybridized carbons (Fsp3) is 0.111. The highest BCUT2D eigenvalue weighted by atomic mass is 15.1. The van der Waals surface area contributed by atoms with Gasteiger partial charge in [-0.3, -0.25) is 4.40 Å². The zero-order valence-electron chi connectivity index (χ0n) is 17.6. The molecule has 5 rings (SSSR count). The van der Waals surface area contributed by atoms with Gasteiger partial charge in [-0.2, -0.15) is 5.26 Å². The second kappa shape index (κ2) is 7.62. The molecule has 2 heterocycles. The quantitative estimate of drug-likeness (QED) is 0.383. The van der Waals surface area contributed by atoms with Crippen LogP contribution in [-0.2, 0) is 6.42 Å². The summed E-state index contributed by atoms with van der Waals surface area (Å²) in [6, 6.07) is 29.2. The van der Waals surface area contributed by atoms with Crippen LogP contribution in [0.15, 0.2) is 78.9 Å². The van der Waals surface area contributed by atoms with Crippen LogP contribution < -0.4 is 5.32 Å². The molecule has 0 radical (unpaired) electrons. The van der Waals surface area contributed by atoms with Gasteiger partial charge < -0.3 is 5.32 Å². The molecule has 0 atom stereocenters. The van der Waals surface area contributed by atoms with Crippen molar-refractivity contribution < 1.29 is 0 Å². The van der Waals surface area contributed by atoms with E-state index in [1.165, 1.54) is 11.1 Å². The van der Waals surface area contributed by atoms with Gasteiger partial charge in [-0.15, -0.1) is 0 Å². The van der Waals surface area contributed by atoms with E-state index >= 15 is 0 Å². The van der Waals surface area contributed by atoms with Crippen molar-refractivity contribution in [3.05, 3.63) is 107 Å². The first-order valence-corrected chi connectivity index (χ1v) is 10.4. The lowest BCUT2D eigenvalue weighted by atomic mass is 9.97. The van der Waals surface area contributed by atoms with Crippen molar-refractivity contribution in [1.82, 2.24) is 9.38 Å². The van der Waals surface area contributed by atoms with Gasteiger partial charge in [0.2, 0.25) is 0 Å². The molecule has 5 aromatic rings. The lowest BCUT2D eigenvalue weighted by Crippen LogP contribution is -2.09. The standard InChI is InChI=1S/C27H22N4/c1-18-12-14-21(15-13-18)29-26-22(16-20-8-4-3-5-9-20)19(2)23(17-28)27-30-24-10-6-7-11-25(24)31(26)27/h3-15,29H,16H2,1-2H3. The smallest absolute Gasteiger partial charge is 0.157 e. The summed E-state index contributed by atoms with van der Waals surface area (Å²) in [5.41, 5.74) is 8.64. The third-order valence-electron chi connectivity index (χ3n) is 5.77. The van der Waals surface area contributed by atoms with E-state index in [1.807, 2.05) is 43.3 Å². The Kier molecular flexibility index (Phi) is 4.65. The molecule has 0 unspecified atom stereocenters. The van der Waals surface area contributed by atoms with Crippen LogP contribution in [-0.4, -0.2) is 9.38 Å². The van der Waals surface area contributed by atoms with Gasteiger partial charge in [0, 0.05) is 17.7 Å². The maximum Gasteiger partial charge on any atom is 0.157 e. The van der Waals surface area contributed by atoms with Gasteiger partial charge in [0.1, 0.15) is 11.9 Å². The lowest BCUT2D eigenvalue weighted by Gasteiger charge is -2.19. The highest BCUT2D eigenvalue weighted by Gasteiger charge is 2.21. The van der Waals surface area contributed by atoms with Gasteiger partial charge in [0.25, 0.3) is 0 Å². The summed E-state index contributed by atoms with van der Waals surface area (Å²) in [6.07, 6.45) is 0.720. The fourth-order valence-corrected chi connectivity index (χ4v) is 4.11. The number of para-hydroxylation sites is 2. The number of anilines is 2. The summed E-state index contributed by atoms with van der Waals surface area (Å²) in [5.74, 6) is 0.952. The van der Waals surface area contributed by atoms with E-state index in [-0.39, 0.29) is 0 Å². The normalized spacial score (nSPS) is 11.0. The topological polar surface area (TPSA) is 53.1 Å². The van der Waals surface area contributed by atoms with E-state index in [0.717, 1.165) is 40.1 Å². The van der Waals surface area contributed by atoms with Crippen molar-refractivity contribution in [1.29, 1.82) is 5.26 Å². The summed E-state index contributed by atoms with van der Waals surface area (Å²) in [5, 5.41) is 13.7. The first-order valence-electron chi connectivity index (χ1n) is 10.4. The monoisotopic (exact) mass is 402 g/mol. The number of nitrogens with zero attached hydrogens (tertiary/aromatic N) is 3. The maximum atomic E-state index is 10.0. The molecule has 4 heteroatoms. The van der Waals surface area contributed by atoms with Gasteiger partial charge in [0.05, 0.1) is 16.6 Å². The molecule has 0 fully saturated rings. The van der Waals surface area contributed by atoms with Crippen LogP contribution in [0.25, 0.3) is 16.7 Å². The second-order valence-corrected chi connectivity index (χ2v) is 7.85. The predicted octanol–water partition coefficient (Wildman–Crippen LogP) is 6.31. The first kappa shape index (κ1) is 18.9. The van der Waals surface area contributed by atoms with Gasteiger partial charge >= 0.3 is 0 Å². The van der Waals surface area contributed by atoms with Crippen LogP contribution in [0.1, 0.15) is 27.8 Å². The number of benzene rings is 3. The van der Waals surface area contributed by atoms with Crippen molar-refractivity contribution in [3.63, 3.8) is 0 Å². The van der Waals surface area contributed by atoms with Crippen LogP contribution in [0.3, 0.4) is 0 Å². The minimum Gasteiger partial charge on any atom is -0.341 e. The number of aromatic nitrogens is 2. The van der Waals surface area contributed by atoms with E-state index < -0.39 is 0 Å². The van der Waals surface area contributed by atoms with E-state index in [0.29, 0.717) is 11.2 Å². The molecular weight excluding hydrogens is 380 g/mol. The number of aryl methyl sites for hydroxylation is 1. The van der Waals surface area contributed by atoms with Crippen molar-refractivity contribution in [2.45, 2.75) is 20.3 Å². The lowest BCUT2D eigenvalue weighted by molar-refractivity contribution is 1.08. The highest BCUT2D eigenvalue weighted by Crippen LogP contribution is 2.34. The summed E-state index contributed by atoms with van der Waals surface area (Å²) >= 11 is 0. The largest absolute Gasteiger partial charge is 0.341 e. The number of fused-ring (bicyclic) bond motifs is 3. The molecule has 4 nitrogen and oxygen atoms in total. The predicted molar refractivity (Wildman–Crippen MR) is 126 cm³/mol. The Morgan fingerprint density at radius 1 is 0.903 bits per heavy atom. The molecule has 0 saturated carbocycles. The maximum absolute atomic E-state index is 10.0. The molecule has 0 amide bonds. The molecule has 150 valence electrons. The molecule has 31 heavy (non-hydrogen) atoms. The van der Waals surface area contributed by atoms with Gasteiger partial charge in [0.15, 0.2) is 5.65 Å². The van der Waals surface area contributed by atoms with E-state index in [2.05, 4.69) is 65.2 Å². The van der Waals surface area contributed by atoms with Crippen LogP contribution in [0.4, 0.5) is 11.5 Å². The molecule has 0 aliphatic carbocycles. The first-order chi connectivity index (χ1) is 15.2. The van der Waals surface area contributed by atoms with Crippen molar-refractivity contribution >= 4 is 28.2 Å². The Morgan fingerprint density at radius 2 is 1.61 bits per heavy atom. The average Bonchev–Trinajstić information content (AvgIpc) is 3.17. The van der Waals surface area contributed by atoms with Crippen LogP contribution in [0.5, 0.6) is 0 Å². The van der Waals surface area contributed by atoms with Gasteiger partial charge in [-0.25, -0.2) is 4.98 Å². The minimum absolute atomic E-state index is 0.622. The molecule has 1 N–H and O–H groups in total. The number of hydrogen-bond donors (Lipinski definition) is 1. The van der Waals surface area contributed by atoms with Gasteiger partial charge in [-0.05, 0) is 49.2 Å². The Hall–Kier alpha value is -4.10. The molecule has 0 aliphatic rings. The molecule has 3 aromatic carbocycles. The van der Waals surface area contributed by atoms with Crippen molar-refractivity contribution in [2.24, 2.45) is 0 Å². The Balaban J connectivity index is 1.83. The van der Waals surface area contributed by atoms with Crippen LogP contribution >= 0.6 is 0 Å². The number of imidazole rings is 1. The number of nitrogens with one attached hydrogen (secondary N) is 1. The molecule has 0 saturated heterocycles. The van der Waals surface area contributed by atoms with Gasteiger partial charge in [-0.1, -0.05) is 60.2 Å². The van der Waals surface area contributed by atoms with Crippen molar-refractivity contribution in [2.75, 3.05) is 5.32 Å². The van der Waals surface area contributed by atoms with E-state index in [4.69, 9.17) is 4.98 Å². The molecule has 0 bridgehead atoms. The Morgan fingerprint density at radius 3 is 2.35 bits per heavy atom. The van der Waals surface area contributed by atoms with Crippen LogP contribution in [0, 0.1) is 25.2 Å². The zero-order valence-corrected chi connectivity index (χ0v) is 17.6. The van der Waals surface area contributed by atoms with Crippen molar-refractivity contribution in [3.8, 4) is 6.07 Å². The molecule has 0 aliphatic heterocycles. The van der Waals surface area contributed by atoms with E-state index in [1.54, 1.807) is 0 Å². The molecule has 2 aromatic heterocycles. The summed E-state index contributed by atoms with van der Waals surface area (Å²) in [6.45, 7) is 4.11. The summed E-state index contributed by atoms with van der Waals surface area (Å²) in [4.78, 5) is 4.81. The minimum atomic E-state index is 0.622. The number of hydrogen-bond acceptors (Lipinski definition) is 3. The fourth-order valence-electron chi connectivity index (χ4n) is 4.11. The third kappa shape index (κ3) is 3.31. The number of nitriles is 1. The van der Waals surface area contributed by atoms with E-state index in [9.17, 15) is 5.26 Å². The van der Waals surface area contributed by atoms with Crippen LogP contribution in [0.2, 0.25) is 0 Å². The molecular formula is C27H22N4. The zero-order chi connectivity index (χ0) is 21.4. The average molecular weight is 403 g/mol. The number of pyridine rings is 1. The Labute approximate surface area is 181 Å². The highest BCUT2D eigenvalue weighted by molar-refractivity contribution is 5.87. The summed E-state index contributed by atoms with van der Waals surface area (Å²) < 4.78 is 2.10. The summed E-state index contributed by atoms with van der Waals surface area (Å²) in [7, 11) is 0. The SMILES string of the molecule is Cc1ccc(Nc2c(Cc3ccccc3)c(C)c(C#N)c3nc4ccccc4n23)cc1. The third-order valence-corrected chi connectivity index (χ3v) is 5.77.